The standard InChI is InChI=1S/C18H19F2N5O3S/c1-2-21-17(23-8-12-9-25-3-4-29-18(25)24-12)22-7-11-5-14-15(27-10-26-14)6-13(11)28-16(19)20/h3-6,9,16H,2,7-8,10H2,1H3,(H2,21,22,23). The van der Waals surface area contributed by atoms with E-state index in [2.05, 4.69) is 25.3 Å². The van der Waals surface area contributed by atoms with Crippen LogP contribution in [0.5, 0.6) is 17.2 Å². The molecule has 4 rings (SSSR count). The van der Waals surface area contributed by atoms with E-state index < -0.39 is 6.61 Å². The molecule has 8 nitrogen and oxygen atoms in total. The largest absolute Gasteiger partial charge is 0.454 e. The monoisotopic (exact) mass is 423 g/mol. The van der Waals surface area contributed by atoms with Crippen molar-refractivity contribution in [2.45, 2.75) is 26.6 Å². The van der Waals surface area contributed by atoms with Gasteiger partial charge in [-0.15, -0.1) is 11.3 Å². The van der Waals surface area contributed by atoms with Crippen molar-refractivity contribution in [3.05, 3.63) is 41.2 Å². The van der Waals surface area contributed by atoms with Crippen LogP contribution in [0.15, 0.2) is 34.9 Å². The minimum atomic E-state index is -2.95. The van der Waals surface area contributed by atoms with Crippen molar-refractivity contribution in [3.8, 4) is 17.2 Å². The molecular weight excluding hydrogens is 404 g/mol. The molecule has 1 aliphatic heterocycles. The summed E-state index contributed by atoms with van der Waals surface area (Å²) in [6, 6.07) is 3.01. The highest BCUT2D eigenvalue weighted by atomic mass is 32.1. The SMILES string of the molecule is CCNC(=NCc1cc2c(cc1OC(F)F)OCO2)NCc1cn2ccsc2n1. The van der Waals surface area contributed by atoms with E-state index in [1.165, 1.54) is 6.07 Å². The summed E-state index contributed by atoms with van der Waals surface area (Å²) in [7, 11) is 0. The number of ether oxygens (including phenoxy) is 3. The molecule has 0 aliphatic carbocycles. The molecule has 0 saturated heterocycles. The number of rotatable bonds is 7. The predicted molar refractivity (Wildman–Crippen MR) is 104 cm³/mol. The summed E-state index contributed by atoms with van der Waals surface area (Å²) >= 11 is 1.56. The van der Waals surface area contributed by atoms with E-state index in [1.54, 1.807) is 17.4 Å². The molecule has 0 amide bonds. The highest BCUT2D eigenvalue weighted by Gasteiger charge is 2.20. The van der Waals surface area contributed by atoms with Gasteiger partial charge in [0.05, 0.1) is 18.8 Å². The Hall–Kier alpha value is -3.08. The van der Waals surface area contributed by atoms with Crippen LogP contribution in [0.3, 0.4) is 0 Å². The van der Waals surface area contributed by atoms with Gasteiger partial charge < -0.3 is 24.8 Å². The molecule has 0 bridgehead atoms. The maximum absolute atomic E-state index is 12.8. The van der Waals surface area contributed by atoms with Gasteiger partial charge in [0.15, 0.2) is 22.4 Å². The van der Waals surface area contributed by atoms with Gasteiger partial charge in [-0.1, -0.05) is 0 Å². The Morgan fingerprint density at radius 3 is 2.93 bits per heavy atom. The molecule has 1 aromatic carbocycles. The van der Waals surface area contributed by atoms with Gasteiger partial charge >= 0.3 is 6.61 Å². The molecule has 0 atom stereocenters. The fourth-order valence-corrected chi connectivity index (χ4v) is 3.56. The average Bonchev–Trinajstić information content (AvgIpc) is 3.39. The molecule has 2 aromatic heterocycles. The molecule has 0 fully saturated rings. The van der Waals surface area contributed by atoms with Crippen LogP contribution in [-0.4, -0.2) is 35.3 Å². The van der Waals surface area contributed by atoms with E-state index >= 15 is 0 Å². The summed E-state index contributed by atoms with van der Waals surface area (Å²) in [6.45, 7) is 0.275. The molecule has 1 aliphatic rings. The molecule has 29 heavy (non-hydrogen) atoms. The van der Waals surface area contributed by atoms with Gasteiger partial charge in [-0.3, -0.25) is 4.40 Å². The Kier molecular flexibility index (Phi) is 5.65. The zero-order valence-electron chi connectivity index (χ0n) is 15.5. The second-order valence-electron chi connectivity index (χ2n) is 6.07. The minimum absolute atomic E-state index is 0.0122. The normalized spacial score (nSPS) is 13.3. The first-order chi connectivity index (χ1) is 14.1. The van der Waals surface area contributed by atoms with E-state index in [0.29, 0.717) is 36.1 Å². The Morgan fingerprint density at radius 2 is 2.17 bits per heavy atom. The molecule has 3 heterocycles. The van der Waals surface area contributed by atoms with E-state index in [0.717, 1.165) is 10.7 Å². The number of hydrogen-bond acceptors (Lipinski definition) is 6. The quantitative estimate of drug-likeness (QED) is 0.449. The lowest BCUT2D eigenvalue weighted by atomic mass is 10.1. The number of guanidine groups is 1. The van der Waals surface area contributed by atoms with Crippen molar-refractivity contribution < 1.29 is 23.0 Å². The summed E-state index contributed by atoms with van der Waals surface area (Å²) in [6.07, 6.45) is 3.88. The van der Waals surface area contributed by atoms with E-state index in [-0.39, 0.29) is 19.1 Å². The molecule has 2 N–H and O–H groups in total. The summed E-state index contributed by atoms with van der Waals surface area (Å²) in [5, 5.41) is 8.29. The lowest BCUT2D eigenvalue weighted by Gasteiger charge is -2.13. The van der Waals surface area contributed by atoms with Crippen molar-refractivity contribution in [1.29, 1.82) is 0 Å². The van der Waals surface area contributed by atoms with Crippen molar-refractivity contribution in [2.24, 2.45) is 4.99 Å². The number of fused-ring (bicyclic) bond motifs is 2. The van der Waals surface area contributed by atoms with E-state index in [9.17, 15) is 8.78 Å². The molecule has 0 unspecified atom stereocenters. The third-order valence-corrected chi connectivity index (χ3v) is 4.87. The number of thiazole rings is 1. The zero-order valence-corrected chi connectivity index (χ0v) is 16.3. The Labute approximate surface area is 169 Å². The van der Waals surface area contributed by atoms with Crippen LogP contribution < -0.4 is 24.8 Å². The summed E-state index contributed by atoms with van der Waals surface area (Å²) in [5.41, 5.74) is 1.33. The minimum Gasteiger partial charge on any atom is -0.454 e. The second-order valence-corrected chi connectivity index (χ2v) is 6.94. The van der Waals surface area contributed by atoms with Crippen LogP contribution in [0.2, 0.25) is 0 Å². The van der Waals surface area contributed by atoms with E-state index in [4.69, 9.17) is 9.47 Å². The number of imidazole rings is 1. The number of hydrogen-bond donors (Lipinski definition) is 2. The van der Waals surface area contributed by atoms with Gasteiger partial charge in [0.2, 0.25) is 6.79 Å². The van der Waals surface area contributed by atoms with Crippen LogP contribution in [-0.2, 0) is 13.1 Å². The fraction of sp³-hybridized carbons (Fsp3) is 0.333. The van der Waals surface area contributed by atoms with Gasteiger partial charge in [-0.05, 0) is 13.0 Å². The lowest BCUT2D eigenvalue weighted by Crippen LogP contribution is -2.36. The Bertz CT molecular complexity index is 992. The van der Waals surface area contributed by atoms with Gasteiger partial charge in [0.25, 0.3) is 0 Å². The lowest BCUT2D eigenvalue weighted by molar-refractivity contribution is -0.0505. The third-order valence-electron chi connectivity index (χ3n) is 4.10. The molecule has 0 spiro atoms. The average molecular weight is 423 g/mol. The second kappa shape index (κ2) is 8.52. The number of nitrogens with zero attached hydrogens (tertiary/aromatic N) is 3. The third kappa shape index (κ3) is 4.50. The topological polar surface area (TPSA) is 81.4 Å². The zero-order chi connectivity index (χ0) is 20.2. The molecular formula is C18H19F2N5O3S. The highest BCUT2D eigenvalue weighted by molar-refractivity contribution is 7.15. The maximum atomic E-state index is 12.8. The summed E-state index contributed by atoms with van der Waals surface area (Å²) in [5.74, 6) is 1.40. The molecule has 3 aromatic rings. The smallest absolute Gasteiger partial charge is 0.387 e. The highest BCUT2D eigenvalue weighted by Crippen LogP contribution is 2.39. The first kappa shape index (κ1) is 19.2. The fourth-order valence-electron chi connectivity index (χ4n) is 2.84. The number of aromatic nitrogens is 2. The van der Waals surface area contributed by atoms with Crippen LogP contribution in [0.4, 0.5) is 8.78 Å². The van der Waals surface area contributed by atoms with Crippen molar-refractivity contribution >= 4 is 22.3 Å². The number of aliphatic imine (C=N–C) groups is 1. The van der Waals surface area contributed by atoms with Crippen LogP contribution in [0, 0.1) is 0 Å². The first-order valence-electron chi connectivity index (χ1n) is 8.93. The molecule has 11 heteroatoms. The number of benzene rings is 1. The van der Waals surface area contributed by atoms with Gasteiger partial charge in [0, 0.05) is 35.9 Å². The van der Waals surface area contributed by atoms with Crippen LogP contribution in [0.25, 0.3) is 4.96 Å². The van der Waals surface area contributed by atoms with E-state index in [1.807, 2.05) is 29.1 Å². The number of nitrogens with one attached hydrogen (secondary N) is 2. The number of halogens is 2. The van der Waals surface area contributed by atoms with Crippen molar-refractivity contribution in [3.63, 3.8) is 0 Å². The molecule has 154 valence electrons. The van der Waals surface area contributed by atoms with Crippen molar-refractivity contribution in [2.75, 3.05) is 13.3 Å². The maximum Gasteiger partial charge on any atom is 0.387 e. The summed E-state index contributed by atoms with van der Waals surface area (Å²) < 4.78 is 42.7. The first-order valence-corrected chi connectivity index (χ1v) is 9.81. The predicted octanol–water partition coefficient (Wildman–Crippen LogP) is 2.98. The van der Waals surface area contributed by atoms with Gasteiger partial charge in [0.1, 0.15) is 5.75 Å². The van der Waals surface area contributed by atoms with Crippen LogP contribution >= 0.6 is 11.3 Å². The molecule has 0 radical (unpaired) electrons. The van der Waals surface area contributed by atoms with Crippen LogP contribution in [0.1, 0.15) is 18.2 Å². The Morgan fingerprint density at radius 1 is 1.34 bits per heavy atom. The summed E-state index contributed by atoms with van der Waals surface area (Å²) in [4.78, 5) is 9.90. The number of alkyl halides is 2. The molecule has 0 saturated carbocycles. The van der Waals surface area contributed by atoms with Gasteiger partial charge in [-0.25, -0.2) is 9.98 Å². The van der Waals surface area contributed by atoms with Crippen molar-refractivity contribution in [1.82, 2.24) is 20.0 Å². The van der Waals surface area contributed by atoms with Gasteiger partial charge in [-0.2, -0.15) is 8.78 Å². The Balaban J connectivity index is 1.48.